The van der Waals surface area contributed by atoms with Crippen LogP contribution >= 0.6 is 39.0 Å². The van der Waals surface area contributed by atoms with Gasteiger partial charge in [0.15, 0.2) is 5.16 Å². The molecule has 0 saturated carbocycles. The number of rotatable bonds is 7. The van der Waals surface area contributed by atoms with Gasteiger partial charge in [0.25, 0.3) is 5.56 Å². The largest absolute Gasteiger partial charge is 0.370 e. The highest BCUT2D eigenvalue weighted by atomic mass is 79.9. The summed E-state index contributed by atoms with van der Waals surface area (Å²) in [5.74, 6) is 0.495. The number of aryl methyl sites for hydroxylation is 2. The maximum absolute atomic E-state index is 14.0. The number of anilines is 1. The molecule has 1 aliphatic heterocycles. The lowest BCUT2D eigenvalue weighted by atomic mass is 9.94. The zero-order chi connectivity index (χ0) is 27.1. The summed E-state index contributed by atoms with van der Waals surface area (Å²) in [6.45, 7) is 5.04. The highest BCUT2D eigenvalue weighted by molar-refractivity contribution is 9.10. The fourth-order valence-corrected chi connectivity index (χ4v) is 7.07. The van der Waals surface area contributed by atoms with E-state index >= 15 is 0 Å². The fourth-order valence-electron chi connectivity index (χ4n) is 4.80. The Balaban J connectivity index is 1.39. The lowest BCUT2D eigenvalue weighted by molar-refractivity contribution is -0.113. The molecule has 0 unspecified atom stereocenters. The van der Waals surface area contributed by atoms with Crippen molar-refractivity contribution in [3.63, 3.8) is 0 Å². The van der Waals surface area contributed by atoms with E-state index in [0.717, 1.165) is 31.0 Å². The van der Waals surface area contributed by atoms with E-state index in [-0.39, 0.29) is 22.8 Å². The van der Waals surface area contributed by atoms with E-state index < -0.39 is 0 Å². The number of nitrogens with zero attached hydrogens (tertiary/aromatic N) is 4. The van der Waals surface area contributed by atoms with Crippen molar-refractivity contribution in [2.75, 3.05) is 11.1 Å². The zero-order valence-corrected chi connectivity index (χ0v) is 24.7. The number of carbonyl (C=O) groups is 1. The van der Waals surface area contributed by atoms with Crippen molar-refractivity contribution in [2.24, 2.45) is 0 Å². The summed E-state index contributed by atoms with van der Waals surface area (Å²) in [5.41, 5.74) is 2.50. The molecule has 1 aliphatic rings. The molecular weight excluding hydrogens is 598 g/mol. The number of nitrogens with one attached hydrogen (secondary N) is 1. The average molecular weight is 625 g/mol. The van der Waals surface area contributed by atoms with Crippen LogP contribution in [0.25, 0.3) is 16.0 Å². The van der Waals surface area contributed by atoms with Crippen molar-refractivity contribution in [1.29, 1.82) is 0 Å². The molecule has 5 aromatic rings. The average Bonchev–Trinajstić information content (AvgIpc) is 3.50. The molecular formula is C28H26BrN5O3S2. The molecule has 1 amide bonds. The number of carbonyl (C=O) groups excluding carboxylic acids is 1. The molecule has 0 aliphatic carbocycles. The van der Waals surface area contributed by atoms with Gasteiger partial charge in [-0.2, -0.15) is 0 Å². The Morgan fingerprint density at radius 2 is 1.92 bits per heavy atom. The second-order valence-corrected chi connectivity index (χ2v) is 13.0. The Morgan fingerprint density at radius 1 is 1.15 bits per heavy atom. The molecule has 6 rings (SSSR count). The molecule has 3 aromatic heterocycles. The minimum Gasteiger partial charge on any atom is -0.370 e. The molecule has 1 N–H and O–H groups in total. The second-order valence-electron chi connectivity index (χ2n) is 10.1. The molecule has 39 heavy (non-hydrogen) atoms. The van der Waals surface area contributed by atoms with Gasteiger partial charge < -0.3 is 10.1 Å². The van der Waals surface area contributed by atoms with Crippen LogP contribution in [-0.2, 0) is 35.5 Å². The highest BCUT2D eigenvalue weighted by Gasteiger charge is 2.32. The van der Waals surface area contributed by atoms with Crippen molar-refractivity contribution in [3.8, 4) is 0 Å². The minimum atomic E-state index is -0.354. The molecule has 0 spiro atoms. The minimum absolute atomic E-state index is 0.0550. The SMILES string of the molecule is CC1(C)Cc2c(sc3c2c(=O)n(CCc2ccccc2)c2nnc(SCC(=O)Nc4ccc(Br)cc4)n32)CO1. The molecule has 8 nitrogen and oxygen atoms in total. The van der Waals surface area contributed by atoms with Crippen LogP contribution in [0.4, 0.5) is 5.69 Å². The van der Waals surface area contributed by atoms with Gasteiger partial charge in [0.1, 0.15) is 4.83 Å². The van der Waals surface area contributed by atoms with E-state index in [2.05, 4.69) is 57.4 Å². The molecule has 0 bridgehead atoms. The number of thiophene rings is 1. The monoisotopic (exact) mass is 623 g/mol. The van der Waals surface area contributed by atoms with Gasteiger partial charge in [0.05, 0.1) is 23.3 Å². The first-order valence-electron chi connectivity index (χ1n) is 12.6. The van der Waals surface area contributed by atoms with E-state index in [1.807, 2.05) is 46.9 Å². The Hall–Kier alpha value is -2.99. The standard InChI is InChI=1S/C28H26BrN5O3S2/c1-28(2)14-20-21(15-37-28)39-25-23(20)24(36)33(13-12-17-6-4-3-5-7-17)26-31-32-27(34(25)26)38-16-22(35)30-19-10-8-18(29)9-11-19/h3-11H,12-16H2,1-2H3,(H,30,35). The third-order valence-electron chi connectivity index (χ3n) is 6.72. The van der Waals surface area contributed by atoms with E-state index in [1.54, 1.807) is 15.9 Å². The van der Waals surface area contributed by atoms with Crippen LogP contribution in [0, 0.1) is 0 Å². The van der Waals surface area contributed by atoms with Crippen molar-refractivity contribution in [1.82, 2.24) is 19.2 Å². The van der Waals surface area contributed by atoms with E-state index in [9.17, 15) is 9.59 Å². The topological polar surface area (TPSA) is 90.5 Å². The van der Waals surface area contributed by atoms with Gasteiger partial charge in [0.2, 0.25) is 11.7 Å². The first kappa shape index (κ1) is 26.2. The van der Waals surface area contributed by atoms with Gasteiger partial charge in [-0.1, -0.05) is 58.0 Å². The summed E-state index contributed by atoms with van der Waals surface area (Å²) in [6, 6.07) is 17.5. The smallest absolute Gasteiger partial charge is 0.263 e. The Kier molecular flexibility index (Phi) is 7.09. The van der Waals surface area contributed by atoms with Crippen molar-refractivity contribution in [2.45, 2.75) is 50.6 Å². The number of fused-ring (bicyclic) bond motifs is 5. The maximum atomic E-state index is 14.0. The van der Waals surface area contributed by atoms with Crippen LogP contribution in [-0.4, -0.2) is 36.4 Å². The van der Waals surface area contributed by atoms with Gasteiger partial charge in [-0.15, -0.1) is 21.5 Å². The van der Waals surface area contributed by atoms with E-state index in [4.69, 9.17) is 4.74 Å². The molecule has 0 fully saturated rings. The number of aromatic nitrogens is 4. The molecule has 11 heteroatoms. The van der Waals surface area contributed by atoms with Crippen molar-refractivity contribution < 1.29 is 9.53 Å². The summed E-state index contributed by atoms with van der Waals surface area (Å²) in [4.78, 5) is 28.6. The van der Waals surface area contributed by atoms with Gasteiger partial charge in [0, 0.05) is 28.0 Å². The third kappa shape index (κ3) is 5.28. The van der Waals surface area contributed by atoms with Crippen molar-refractivity contribution in [3.05, 3.63) is 85.4 Å². The third-order valence-corrected chi connectivity index (χ3v) is 9.36. The lowest BCUT2D eigenvalue weighted by Gasteiger charge is -2.29. The van der Waals surface area contributed by atoms with E-state index in [0.29, 0.717) is 42.3 Å². The normalized spacial score (nSPS) is 14.5. The van der Waals surface area contributed by atoms with Gasteiger partial charge in [-0.05, 0) is 55.7 Å². The fraction of sp³-hybridized carbons (Fsp3) is 0.286. The highest BCUT2D eigenvalue weighted by Crippen LogP contribution is 2.38. The lowest BCUT2D eigenvalue weighted by Crippen LogP contribution is -2.32. The Bertz CT molecular complexity index is 1740. The number of hydrogen-bond acceptors (Lipinski definition) is 7. The first-order chi connectivity index (χ1) is 18.8. The van der Waals surface area contributed by atoms with Crippen LogP contribution in [0.1, 0.15) is 29.9 Å². The summed E-state index contributed by atoms with van der Waals surface area (Å²) < 4.78 is 10.7. The number of thioether (sulfide) groups is 1. The Labute approximate surface area is 241 Å². The van der Waals surface area contributed by atoms with Crippen LogP contribution < -0.4 is 10.9 Å². The maximum Gasteiger partial charge on any atom is 0.263 e. The number of ether oxygens (including phenoxy) is 1. The quantitative estimate of drug-likeness (QED) is 0.234. The molecule has 0 radical (unpaired) electrons. The first-order valence-corrected chi connectivity index (χ1v) is 15.2. The number of amides is 1. The number of benzene rings is 2. The van der Waals surface area contributed by atoms with Crippen LogP contribution in [0.5, 0.6) is 0 Å². The zero-order valence-electron chi connectivity index (χ0n) is 21.4. The van der Waals surface area contributed by atoms with Gasteiger partial charge in [-0.3, -0.25) is 14.2 Å². The predicted octanol–water partition coefficient (Wildman–Crippen LogP) is 5.69. The summed E-state index contributed by atoms with van der Waals surface area (Å²) in [6.07, 6.45) is 1.34. The molecule has 200 valence electrons. The predicted molar refractivity (Wildman–Crippen MR) is 159 cm³/mol. The summed E-state index contributed by atoms with van der Waals surface area (Å²) >= 11 is 6.26. The van der Waals surface area contributed by atoms with Crippen LogP contribution in [0.15, 0.2) is 69.0 Å². The number of hydrogen-bond donors (Lipinski definition) is 1. The number of halogens is 1. The molecule has 4 heterocycles. The van der Waals surface area contributed by atoms with E-state index in [1.165, 1.54) is 11.8 Å². The molecule has 0 atom stereocenters. The summed E-state index contributed by atoms with van der Waals surface area (Å²) in [5, 5.41) is 13.1. The molecule has 2 aromatic carbocycles. The van der Waals surface area contributed by atoms with Gasteiger partial charge in [-0.25, -0.2) is 4.40 Å². The van der Waals surface area contributed by atoms with Gasteiger partial charge >= 0.3 is 0 Å². The Morgan fingerprint density at radius 3 is 2.69 bits per heavy atom. The molecule has 0 saturated heterocycles. The van der Waals surface area contributed by atoms with Crippen molar-refractivity contribution >= 4 is 66.6 Å². The second kappa shape index (κ2) is 10.5. The van der Waals surface area contributed by atoms with Crippen LogP contribution in [0.2, 0.25) is 0 Å². The van der Waals surface area contributed by atoms with Crippen LogP contribution in [0.3, 0.4) is 0 Å². The summed E-state index contributed by atoms with van der Waals surface area (Å²) in [7, 11) is 0.